The Balaban J connectivity index is 2.12. The number of rotatable bonds is 5. The number of ketones is 1. The van der Waals surface area contributed by atoms with Crippen molar-refractivity contribution in [2.75, 3.05) is 5.32 Å². The van der Waals surface area contributed by atoms with E-state index in [-0.39, 0.29) is 17.2 Å². The summed E-state index contributed by atoms with van der Waals surface area (Å²) in [7, 11) is 0. The molecule has 1 N–H and O–H groups in total. The maximum absolute atomic E-state index is 12.5. The van der Waals surface area contributed by atoms with Crippen molar-refractivity contribution in [3.8, 4) is 0 Å². The highest BCUT2D eigenvalue weighted by atomic mass is 16.1. The third-order valence-corrected chi connectivity index (χ3v) is 3.65. The SMILES string of the molecule is CC(C)(C)C(CC(=O)c1ccccc1)Nc1ccccc1. The summed E-state index contributed by atoms with van der Waals surface area (Å²) in [6.07, 6.45) is 0.488. The lowest BCUT2D eigenvalue weighted by Gasteiger charge is -2.32. The van der Waals surface area contributed by atoms with Crippen molar-refractivity contribution >= 4 is 11.5 Å². The van der Waals surface area contributed by atoms with E-state index in [4.69, 9.17) is 0 Å². The molecule has 0 bridgehead atoms. The van der Waals surface area contributed by atoms with Crippen LogP contribution < -0.4 is 5.32 Å². The highest BCUT2D eigenvalue weighted by molar-refractivity contribution is 5.96. The fraction of sp³-hybridized carbons (Fsp3) is 0.316. The highest BCUT2D eigenvalue weighted by Crippen LogP contribution is 2.26. The Hall–Kier alpha value is -2.09. The van der Waals surface area contributed by atoms with Crippen molar-refractivity contribution in [1.82, 2.24) is 0 Å². The van der Waals surface area contributed by atoms with E-state index in [1.165, 1.54) is 0 Å². The first-order valence-corrected chi connectivity index (χ1v) is 7.36. The summed E-state index contributed by atoms with van der Waals surface area (Å²) >= 11 is 0. The van der Waals surface area contributed by atoms with Gasteiger partial charge in [-0.15, -0.1) is 0 Å². The molecular formula is C19H23NO. The minimum Gasteiger partial charge on any atom is -0.381 e. The molecule has 0 aromatic heterocycles. The molecule has 0 spiro atoms. The Kier molecular flexibility index (Phi) is 4.79. The number of benzene rings is 2. The zero-order valence-electron chi connectivity index (χ0n) is 13.0. The second-order valence-electron chi connectivity index (χ2n) is 6.42. The number of carbonyl (C=O) groups excluding carboxylic acids is 1. The Labute approximate surface area is 127 Å². The molecule has 0 amide bonds. The maximum atomic E-state index is 12.5. The molecule has 0 aliphatic rings. The van der Waals surface area contributed by atoms with Gasteiger partial charge in [-0.05, 0) is 17.5 Å². The molecule has 0 radical (unpaired) electrons. The largest absolute Gasteiger partial charge is 0.381 e. The minimum absolute atomic E-state index is 0.000280. The molecule has 1 atom stereocenters. The van der Waals surface area contributed by atoms with Gasteiger partial charge in [0.25, 0.3) is 0 Å². The van der Waals surface area contributed by atoms with E-state index in [1.807, 2.05) is 60.7 Å². The van der Waals surface area contributed by atoms with Gasteiger partial charge in [-0.25, -0.2) is 0 Å². The second kappa shape index (κ2) is 6.57. The monoisotopic (exact) mass is 281 g/mol. The van der Waals surface area contributed by atoms with Gasteiger partial charge in [0, 0.05) is 23.7 Å². The van der Waals surface area contributed by atoms with E-state index in [0.717, 1.165) is 11.3 Å². The Morgan fingerprint density at radius 2 is 1.48 bits per heavy atom. The molecule has 2 aromatic carbocycles. The van der Waals surface area contributed by atoms with Crippen molar-refractivity contribution in [2.24, 2.45) is 5.41 Å². The minimum atomic E-state index is 0.000280. The summed E-state index contributed by atoms with van der Waals surface area (Å²) < 4.78 is 0. The average molecular weight is 281 g/mol. The van der Waals surface area contributed by atoms with Gasteiger partial charge in [0.05, 0.1) is 0 Å². The summed E-state index contributed by atoms with van der Waals surface area (Å²) in [5, 5.41) is 3.50. The summed E-state index contributed by atoms with van der Waals surface area (Å²) in [6.45, 7) is 6.48. The van der Waals surface area contributed by atoms with E-state index >= 15 is 0 Å². The van der Waals surface area contributed by atoms with Gasteiger partial charge in [0.1, 0.15) is 0 Å². The van der Waals surface area contributed by atoms with Gasteiger partial charge in [0.2, 0.25) is 0 Å². The molecule has 2 rings (SSSR count). The molecular weight excluding hydrogens is 258 g/mol. The zero-order chi connectivity index (χ0) is 15.3. The Bertz CT molecular complexity index is 570. The number of hydrogen-bond donors (Lipinski definition) is 1. The topological polar surface area (TPSA) is 29.1 Å². The van der Waals surface area contributed by atoms with Crippen LogP contribution in [0.5, 0.6) is 0 Å². The number of carbonyl (C=O) groups is 1. The fourth-order valence-corrected chi connectivity index (χ4v) is 2.24. The van der Waals surface area contributed by atoms with Crippen LogP contribution >= 0.6 is 0 Å². The van der Waals surface area contributed by atoms with Crippen LogP contribution in [0.4, 0.5) is 5.69 Å². The van der Waals surface area contributed by atoms with E-state index in [2.05, 4.69) is 26.1 Å². The lowest BCUT2D eigenvalue weighted by molar-refractivity contribution is 0.0958. The standard InChI is InChI=1S/C19H23NO/c1-19(2,3)18(20-16-12-8-5-9-13-16)14-17(21)15-10-6-4-7-11-15/h4-13,18,20H,14H2,1-3H3. The lowest BCUT2D eigenvalue weighted by atomic mass is 9.82. The second-order valence-corrected chi connectivity index (χ2v) is 6.42. The highest BCUT2D eigenvalue weighted by Gasteiger charge is 2.27. The van der Waals surface area contributed by atoms with Crippen LogP contribution in [0.15, 0.2) is 60.7 Å². The van der Waals surface area contributed by atoms with Crippen molar-refractivity contribution < 1.29 is 4.79 Å². The molecule has 0 aliphatic carbocycles. The molecule has 110 valence electrons. The summed E-state index contributed by atoms with van der Waals surface area (Å²) in [5.41, 5.74) is 1.83. The maximum Gasteiger partial charge on any atom is 0.164 e. The number of Topliss-reactive ketones (excluding diaryl/α,β-unsaturated/α-hetero) is 1. The van der Waals surface area contributed by atoms with Crippen molar-refractivity contribution in [2.45, 2.75) is 33.2 Å². The average Bonchev–Trinajstić information content (AvgIpc) is 2.47. The molecule has 2 heteroatoms. The normalized spacial score (nSPS) is 12.7. The molecule has 0 saturated carbocycles. The summed E-state index contributed by atoms with van der Waals surface area (Å²) in [4.78, 5) is 12.5. The third-order valence-electron chi connectivity index (χ3n) is 3.65. The number of hydrogen-bond acceptors (Lipinski definition) is 2. The summed E-state index contributed by atoms with van der Waals surface area (Å²) in [6, 6.07) is 19.7. The Morgan fingerprint density at radius 1 is 0.952 bits per heavy atom. The molecule has 0 aliphatic heterocycles. The first-order valence-electron chi connectivity index (χ1n) is 7.36. The van der Waals surface area contributed by atoms with Crippen LogP contribution in [0.2, 0.25) is 0 Å². The molecule has 21 heavy (non-hydrogen) atoms. The molecule has 0 fully saturated rings. The number of para-hydroxylation sites is 1. The van der Waals surface area contributed by atoms with Crippen LogP contribution in [0.25, 0.3) is 0 Å². The van der Waals surface area contributed by atoms with Crippen LogP contribution in [-0.4, -0.2) is 11.8 Å². The fourth-order valence-electron chi connectivity index (χ4n) is 2.24. The number of anilines is 1. The molecule has 1 unspecified atom stereocenters. The lowest BCUT2D eigenvalue weighted by Crippen LogP contribution is -2.36. The van der Waals surface area contributed by atoms with E-state index in [0.29, 0.717) is 6.42 Å². The van der Waals surface area contributed by atoms with Gasteiger partial charge in [0.15, 0.2) is 5.78 Å². The molecule has 0 saturated heterocycles. The van der Waals surface area contributed by atoms with Crippen LogP contribution in [0.3, 0.4) is 0 Å². The van der Waals surface area contributed by atoms with Crippen molar-refractivity contribution in [3.63, 3.8) is 0 Å². The van der Waals surface area contributed by atoms with Crippen molar-refractivity contribution in [3.05, 3.63) is 66.2 Å². The van der Waals surface area contributed by atoms with Gasteiger partial charge in [-0.1, -0.05) is 69.3 Å². The number of nitrogens with one attached hydrogen (secondary N) is 1. The van der Waals surface area contributed by atoms with E-state index in [1.54, 1.807) is 0 Å². The van der Waals surface area contributed by atoms with Crippen molar-refractivity contribution in [1.29, 1.82) is 0 Å². The summed E-state index contributed by atoms with van der Waals surface area (Å²) in [5.74, 6) is 0.180. The van der Waals surface area contributed by atoms with Gasteiger partial charge < -0.3 is 5.32 Å². The Morgan fingerprint density at radius 3 is 2.00 bits per heavy atom. The molecule has 2 nitrogen and oxygen atoms in total. The first-order chi connectivity index (χ1) is 9.97. The van der Waals surface area contributed by atoms with Crippen LogP contribution in [-0.2, 0) is 0 Å². The third kappa shape index (κ3) is 4.45. The molecule has 0 heterocycles. The predicted octanol–water partition coefficient (Wildman–Crippen LogP) is 4.79. The van der Waals surface area contributed by atoms with Gasteiger partial charge in [-0.2, -0.15) is 0 Å². The predicted molar refractivity (Wildman–Crippen MR) is 88.7 cm³/mol. The van der Waals surface area contributed by atoms with Crippen LogP contribution in [0, 0.1) is 5.41 Å². The van der Waals surface area contributed by atoms with E-state index < -0.39 is 0 Å². The first kappa shape index (κ1) is 15.3. The molecule has 2 aromatic rings. The smallest absolute Gasteiger partial charge is 0.164 e. The van der Waals surface area contributed by atoms with Gasteiger partial charge >= 0.3 is 0 Å². The quantitative estimate of drug-likeness (QED) is 0.799. The van der Waals surface area contributed by atoms with Crippen LogP contribution in [0.1, 0.15) is 37.6 Å². The van der Waals surface area contributed by atoms with Gasteiger partial charge in [-0.3, -0.25) is 4.79 Å². The zero-order valence-corrected chi connectivity index (χ0v) is 13.0. The van der Waals surface area contributed by atoms with E-state index in [9.17, 15) is 4.79 Å².